The summed E-state index contributed by atoms with van der Waals surface area (Å²) < 4.78 is 5.29. The number of piperidine rings is 2. The highest BCUT2D eigenvalue weighted by Crippen LogP contribution is 2.36. The number of pyridine rings is 2. The van der Waals surface area contributed by atoms with E-state index in [0.29, 0.717) is 18.1 Å². The van der Waals surface area contributed by atoms with Gasteiger partial charge in [-0.2, -0.15) is 5.10 Å². The van der Waals surface area contributed by atoms with Crippen molar-refractivity contribution >= 4 is 28.4 Å². The fourth-order valence-electron chi connectivity index (χ4n) is 5.41. The van der Waals surface area contributed by atoms with E-state index in [9.17, 15) is 0 Å². The number of rotatable bonds is 8. The van der Waals surface area contributed by atoms with Gasteiger partial charge in [0.05, 0.1) is 5.52 Å². The molecule has 0 aromatic carbocycles. The second-order valence-electron chi connectivity index (χ2n) is 9.12. The van der Waals surface area contributed by atoms with E-state index < -0.39 is 0 Å². The van der Waals surface area contributed by atoms with Gasteiger partial charge in [-0.15, -0.1) is 0 Å². The van der Waals surface area contributed by atoms with E-state index in [1.165, 1.54) is 19.3 Å². The molecular weight excluding hydrogens is 402 g/mol. The lowest BCUT2D eigenvalue weighted by atomic mass is 9.81. The molecule has 2 aliphatic rings. The molecule has 1 unspecified atom stereocenters. The molecule has 3 aromatic rings. The summed E-state index contributed by atoms with van der Waals surface area (Å²) in [6.45, 7) is 3.97. The van der Waals surface area contributed by atoms with Crippen LogP contribution in [-0.2, 0) is 4.74 Å². The third kappa shape index (κ3) is 4.56. The van der Waals surface area contributed by atoms with Crippen molar-refractivity contribution in [1.82, 2.24) is 25.1 Å². The number of aromatic amines is 1. The number of nitrogens with one attached hydrogen (secondary N) is 3. The van der Waals surface area contributed by atoms with Gasteiger partial charge in [0.25, 0.3) is 0 Å². The number of hydrogen-bond donors (Lipinski definition) is 3. The summed E-state index contributed by atoms with van der Waals surface area (Å²) in [7, 11) is 1.79. The Morgan fingerprint density at radius 3 is 2.78 bits per heavy atom. The van der Waals surface area contributed by atoms with Crippen LogP contribution >= 0.6 is 0 Å². The van der Waals surface area contributed by atoms with Gasteiger partial charge >= 0.3 is 0 Å². The average Bonchev–Trinajstić information content (AvgIpc) is 3.18. The molecule has 32 heavy (non-hydrogen) atoms. The van der Waals surface area contributed by atoms with Gasteiger partial charge in [0.2, 0.25) is 0 Å². The Labute approximate surface area is 189 Å². The van der Waals surface area contributed by atoms with Gasteiger partial charge in [0.1, 0.15) is 11.6 Å². The fourth-order valence-corrected chi connectivity index (χ4v) is 5.41. The second-order valence-corrected chi connectivity index (χ2v) is 9.12. The molecule has 2 saturated heterocycles. The topological polar surface area (TPSA) is 91.0 Å². The normalized spacial score (nSPS) is 23.4. The zero-order chi connectivity index (χ0) is 21.9. The van der Waals surface area contributed by atoms with Crippen LogP contribution in [0.3, 0.4) is 0 Å². The summed E-state index contributed by atoms with van der Waals surface area (Å²) in [5.41, 5.74) is 1.94. The second kappa shape index (κ2) is 9.42. The summed E-state index contributed by atoms with van der Waals surface area (Å²) >= 11 is 0. The molecule has 3 aromatic heterocycles. The number of aryl methyl sites for hydroxylation is 1. The molecule has 5 rings (SSSR count). The minimum absolute atomic E-state index is 0.419. The molecule has 2 fully saturated rings. The van der Waals surface area contributed by atoms with E-state index in [-0.39, 0.29) is 0 Å². The zero-order valence-corrected chi connectivity index (χ0v) is 19.0. The number of aromatic nitrogens is 4. The molecule has 0 aliphatic carbocycles. The summed E-state index contributed by atoms with van der Waals surface area (Å²) in [5.74, 6) is 2.42. The van der Waals surface area contributed by atoms with Crippen LogP contribution in [0.15, 0.2) is 30.5 Å². The quantitative estimate of drug-likeness (QED) is 0.456. The lowest BCUT2D eigenvalue weighted by Crippen LogP contribution is -2.55. The highest BCUT2D eigenvalue weighted by atomic mass is 16.5. The van der Waals surface area contributed by atoms with Crippen molar-refractivity contribution in [2.75, 3.05) is 30.9 Å². The van der Waals surface area contributed by atoms with E-state index in [1.807, 2.05) is 31.3 Å². The Hall–Kier alpha value is -2.71. The third-order valence-electron chi connectivity index (χ3n) is 6.79. The van der Waals surface area contributed by atoms with Crippen molar-refractivity contribution in [2.45, 2.75) is 63.6 Å². The van der Waals surface area contributed by atoms with Crippen LogP contribution in [0.4, 0.5) is 17.5 Å². The first kappa shape index (κ1) is 21.2. The van der Waals surface area contributed by atoms with Crippen LogP contribution in [0.1, 0.15) is 44.2 Å². The molecule has 2 aliphatic heterocycles. The van der Waals surface area contributed by atoms with Gasteiger partial charge in [-0.25, -0.2) is 4.98 Å². The molecule has 8 heteroatoms. The summed E-state index contributed by atoms with van der Waals surface area (Å²) in [6, 6.07) is 9.75. The number of methoxy groups -OCH3 is 1. The predicted molar refractivity (Wildman–Crippen MR) is 127 cm³/mol. The smallest absolute Gasteiger partial charge is 0.153 e. The van der Waals surface area contributed by atoms with Crippen LogP contribution in [0.2, 0.25) is 0 Å². The molecule has 170 valence electrons. The van der Waals surface area contributed by atoms with Gasteiger partial charge in [0, 0.05) is 67.8 Å². The molecule has 0 saturated carbocycles. The number of hydrogen-bond acceptors (Lipinski definition) is 7. The van der Waals surface area contributed by atoms with Crippen molar-refractivity contribution in [3.8, 4) is 0 Å². The lowest BCUT2D eigenvalue weighted by Gasteiger charge is -2.49. The Morgan fingerprint density at radius 2 is 2.03 bits per heavy atom. The maximum Gasteiger partial charge on any atom is 0.153 e. The molecule has 2 bridgehead atoms. The Morgan fingerprint density at radius 1 is 1.19 bits per heavy atom. The van der Waals surface area contributed by atoms with E-state index >= 15 is 0 Å². The number of fused-ring (bicyclic) bond motifs is 3. The van der Waals surface area contributed by atoms with E-state index in [4.69, 9.17) is 9.72 Å². The van der Waals surface area contributed by atoms with Crippen LogP contribution in [0.5, 0.6) is 0 Å². The Balaban J connectivity index is 1.35. The number of nitrogens with zero attached hydrogens (tertiary/aromatic N) is 4. The molecule has 0 spiro atoms. The maximum atomic E-state index is 5.29. The van der Waals surface area contributed by atoms with Gasteiger partial charge in [-0.1, -0.05) is 6.42 Å². The minimum Gasteiger partial charge on any atom is -0.385 e. The monoisotopic (exact) mass is 435 g/mol. The first-order valence-electron chi connectivity index (χ1n) is 11.8. The highest BCUT2D eigenvalue weighted by Gasteiger charge is 2.38. The molecule has 0 amide bonds. The van der Waals surface area contributed by atoms with E-state index in [2.05, 4.69) is 36.8 Å². The summed E-state index contributed by atoms with van der Waals surface area (Å²) in [4.78, 5) is 12.3. The van der Waals surface area contributed by atoms with Crippen molar-refractivity contribution in [3.63, 3.8) is 0 Å². The molecule has 0 radical (unpaired) electrons. The van der Waals surface area contributed by atoms with Crippen LogP contribution in [0.25, 0.3) is 10.9 Å². The van der Waals surface area contributed by atoms with Gasteiger partial charge in [0.15, 0.2) is 5.82 Å². The molecule has 3 atom stereocenters. The molecule has 3 N–H and O–H groups in total. The molecule has 8 nitrogen and oxygen atoms in total. The average molecular weight is 436 g/mol. The predicted octanol–water partition coefficient (Wildman–Crippen LogP) is 4.24. The van der Waals surface area contributed by atoms with Crippen molar-refractivity contribution < 1.29 is 4.74 Å². The largest absolute Gasteiger partial charge is 0.385 e. The maximum absolute atomic E-state index is 5.29. The highest BCUT2D eigenvalue weighted by molar-refractivity contribution is 5.91. The fraction of sp³-hybridized carbons (Fsp3) is 0.542. The number of anilines is 3. The van der Waals surface area contributed by atoms with Crippen LogP contribution in [-0.4, -0.2) is 63.5 Å². The molecular formula is C24H33N7O. The number of ether oxygens (including phenoxy) is 1. The summed E-state index contributed by atoms with van der Waals surface area (Å²) in [6.07, 6.45) is 9.18. The number of H-pyrrole nitrogens is 1. The van der Waals surface area contributed by atoms with Gasteiger partial charge in [-0.05, 0) is 51.2 Å². The van der Waals surface area contributed by atoms with Crippen molar-refractivity contribution in [1.29, 1.82) is 0 Å². The first-order chi connectivity index (χ1) is 15.7. The third-order valence-corrected chi connectivity index (χ3v) is 6.79. The van der Waals surface area contributed by atoms with Crippen molar-refractivity contribution in [3.05, 3.63) is 36.2 Å². The van der Waals surface area contributed by atoms with Crippen molar-refractivity contribution in [2.24, 2.45) is 0 Å². The first-order valence-corrected chi connectivity index (χ1v) is 11.8. The van der Waals surface area contributed by atoms with Gasteiger partial charge in [-0.3, -0.25) is 15.0 Å². The SMILES string of the molecule is COCCCN1[C@@H]2CCC[C@H]1CC(Nc1nc(Nc3cc(C)[nH]n3)cc3ncccc13)C2. The zero-order valence-electron chi connectivity index (χ0n) is 19.0. The lowest BCUT2D eigenvalue weighted by molar-refractivity contribution is 0.0280. The van der Waals surface area contributed by atoms with Gasteiger partial charge < -0.3 is 15.4 Å². The molecule has 5 heterocycles. The minimum atomic E-state index is 0.419. The van der Waals surface area contributed by atoms with Crippen LogP contribution in [0, 0.1) is 6.92 Å². The standard InChI is InChI=1S/C24H33N7O/c1-16-12-23(30-29-16)27-22-15-21-20(8-4-9-25-21)24(28-22)26-17-13-18-6-3-7-19(14-17)31(18)10-5-11-32-2/h4,8-9,12,15,17-19H,3,5-7,10-11,13-14H2,1-2H3,(H3,26,27,28,29,30)/t17?,18-,19+. The Bertz CT molecular complexity index is 1040. The van der Waals surface area contributed by atoms with E-state index in [0.717, 1.165) is 66.5 Å². The van der Waals surface area contributed by atoms with E-state index in [1.54, 1.807) is 7.11 Å². The van der Waals surface area contributed by atoms with Crippen LogP contribution < -0.4 is 10.6 Å². The summed E-state index contributed by atoms with van der Waals surface area (Å²) in [5, 5.41) is 15.4. The Kier molecular flexibility index (Phi) is 6.23.